The lowest BCUT2D eigenvalue weighted by atomic mass is 9.71. The molecule has 1 aliphatic rings. The van der Waals surface area contributed by atoms with Gasteiger partial charge in [-0.25, -0.2) is 0 Å². The second kappa shape index (κ2) is 4.81. The maximum Gasteiger partial charge on any atom is 0.314 e. The zero-order valence-electron chi connectivity index (χ0n) is 9.95. The molecule has 0 heterocycles. The fraction of sp³-hybridized carbons (Fsp3) is 0.500. The molecule has 1 aliphatic carbocycles. The average molecular weight is 297 g/mol. The van der Waals surface area contributed by atoms with Gasteiger partial charge in [-0.2, -0.15) is 0 Å². The number of carboxylic acids is 1. The molecule has 0 aliphatic heterocycles. The Kier molecular flexibility index (Phi) is 3.57. The molecule has 17 heavy (non-hydrogen) atoms. The molecule has 0 amide bonds. The molecule has 1 aromatic rings. The fourth-order valence-electron chi connectivity index (χ4n) is 2.83. The van der Waals surface area contributed by atoms with Gasteiger partial charge in [-0.15, -0.1) is 0 Å². The fourth-order valence-corrected chi connectivity index (χ4v) is 3.10. The summed E-state index contributed by atoms with van der Waals surface area (Å²) in [5.74, 6) is -0.437. The first-order chi connectivity index (χ1) is 8.05. The van der Waals surface area contributed by atoms with Crippen LogP contribution in [0.3, 0.4) is 0 Å². The lowest BCUT2D eigenvalue weighted by Crippen LogP contribution is -2.39. The normalized spacial score (nSPS) is 20.1. The van der Waals surface area contributed by atoms with E-state index >= 15 is 0 Å². The molecule has 2 rings (SSSR count). The monoisotopic (exact) mass is 296 g/mol. The highest BCUT2D eigenvalue weighted by Crippen LogP contribution is 2.42. The van der Waals surface area contributed by atoms with E-state index in [-0.39, 0.29) is 5.92 Å². The van der Waals surface area contributed by atoms with Crippen LogP contribution in [0.1, 0.15) is 38.2 Å². The van der Waals surface area contributed by atoms with Crippen molar-refractivity contribution in [3.63, 3.8) is 0 Å². The molecule has 1 fully saturated rings. The molecule has 1 atom stereocenters. The van der Waals surface area contributed by atoms with Crippen LogP contribution in [0.15, 0.2) is 28.7 Å². The van der Waals surface area contributed by atoms with E-state index in [0.717, 1.165) is 35.7 Å². The Bertz CT molecular complexity index is 407. The minimum Gasteiger partial charge on any atom is -0.481 e. The Morgan fingerprint density at radius 1 is 1.29 bits per heavy atom. The maximum atomic E-state index is 11.7. The molecule has 1 N–H and O–H groups in total. The summed E-state index contributed by atoms with van der Waals surface area (Å²) in [4.78, 5) is 11.7. The first-order valence-corrected chi connectivity index (χ1v) is 6.84. The van der Waals surface area contributed by atoms with Gasteiger partial charge in [0.2, 0.25) is 0 Å². The predicted octanol–water partition coefficient (Wildman–Crippen LogP) is 3.98. The van der Waals surface area contributed by atoms with Crippen molar-refractivity contribution in [1.82, 2.24) is 0 Å². The van der Waals surface area contributed by atoms with Gasteiger partial charge in [0.15, 0.2) is 0 Å². The topological polar surface area (TPSA) is 37.3 Å². The van der Waals surface area contributed by atoms with E-state index in [9.17, 15) is 9.90 Å². The minimum atomic E-state index is -0.739. The molecule has 1 aromatic carbocycles. The highest BCUT2D eigenvalue weighted by molar-refractivity contribution is 9.10. The molecule has 92 valence electrons. The molecular formula is C14H17BrO2. The molecule has 0 aromatic heterocycles. The molecule has 0 bridgehead atoms. The summed E-state index contributed by atoms with van der Waals surface area (Å²) in [5, 5.41) is 9.60. The van der Waals surface area contributed by atoms with Crippen LogP contribution in [0.25, 0.3) is 0 Å². The van der Waals surface area contributed by atoms with Crippen LogP contribution >= 0.6 is 15.9 Å². The number of carboxylic acid groups (broad SMARTS) is 1. The Hall–Kier alpha value is -0.830. The smallest absolute Gasteiger partial charge is 0.314 e. The number of rotatable bonds is 3. The molecular weight excluding hydrogens is 280 g/mol. The maximum absolute atomic E-state index is 11.7. The SMILES string of the molecule is CC(C(=O)O)(c1ccc(Br)cc1)C1CCCC1. The van der Waals surface area contributed by atoms with E-state index in [2.05, 4.69) is 15.9 Å². The van der Waals surface area contributed by atoms with Crippen molar-refractivity contribution >= 4 is 21.9 Å². The third kappa shape index (κ3) is 2.25. The summed E-state index contributed by atoms with van der Waals surface area (Å²) in [6, 6.07) is 7.70. The van der Waals surface area contributed by atoms with Crippen molar-refractivity contribution in [1.29, 1.82) is 0 Å². The Morgan fingerprint density at radius 2 is 1.82 bits per heavy atom. The third-order valence-corrected chi connectivity index (χ3v) is 4.59. The van der Waals surface area contributed by atoms with Crippen molar-refractivity contribution in [3.05, 3.63) is 34.3 Å². The van der Waals surface area contributed by atoms with Gasteiger partial charge in [0.1, 0.15) is 0 Å². The summed E-state index contributed by atoms with van der Waals surface area (Å²) >= 11 is 3.39. The van der Waals surface area contributed by atoms with Crippen LogP contribution in [0.4, 0.5) is 0 Å². The van der Waals surface area contributed by atoms with Crippen molar-refractivity contribution in [2.45, 2.75) is 38.0 Å². The number of hydrogen-bond donors (Lipinski definition) is 1. The molecule has 2 nitrogen and oxygen atoms in total. The van der Waals surface area contributed by atoms with Crippen LogP contribution in [0.2, 0.25) is 0 Å². The number of aliphatic carboxylic acids is 1. The lowest BCUT2D eigenvalue weighted by molar-refractivity contribution is -0.145. The molecule has 0 radical (unpaired) electrons. The van der Waals surface area contributed by atoms with Gasteiger partial charge >= 0.3 is 5.97 Å². The van der Waals surface area contributed by atoms with Crippen LogP contribution in [0.5, 0.6) is 0 Å². The van der Waals surface area contributed by atoms with Gasteiger partial charge in [-0.1, -0.05) is 40.9 Å². The van der Waals surface area contributed by atoms with E-state index in [1.807, 2.05) is 31.2 Å². The number of carbonyl (C=O) groups is 1. The first-order valence-electron chi connectivity index (χ1n) is 6.04. The van der Waals surface area contributed by atoms with E-state index in [4.69, 9.17) is 0 Å². The predicted molar refractivity (Wildman–Crippen MR) is 71.1 cm³/mol. The van der Waals surface area contributed by atoms with E-state index in [1.54, 1.807) is 0 Å². The van der Waals surface area contributed by atoms with Crippen LogP contribution in [-0.2, 0) is 10.2 Å². The summed E-state index contributed by atoms with van der Waals surface area (Å²) < 4.78 is 0.986. The van der Waals surface area contributed by atoms with Gasteiger partial charge in [0, 0.05) is 4.47 Å². The second-order valence-corrected chi connectivity index (χ2v) is 5.91. The van der Waals surface area contributed by atoms with Crippen molar-refractivity contribution < 1.29 is 9.90 Å². The largest absolute Gasteiger partial charge is 0.481 e. The number of benzene rings is 1. The van der Waals surface area contributed by atoms with Gasteiger partial charge in [0.25, 0.3) is 0 Å². The highest BCUT2D eigenvalue weighted by atomic mass is 79.9. The van der Waals surface area contributed by atoms with Gasteiger partial charge in [-0.05, 0) is 43.4 Å². The second-order valence-electron chi connectivity index (χ2n) is 5.00. The zero-order valence-corrected chi connectivity index (χ0v) is 11.5. The van der Waals surface area contributed by atoms with Gasteiger partial charge in [0.05, 0.1) is 5.41 Å². The average Bonchev–Trinajstić information content (AvgIpc) is 2.82. The summed E-state index contributed by atoms with van der Waals surface area (Å²) in [6.45, 7) is 1.87. The van der Waals surface area contributed by atoms with Crippen molar-refractivity contribution in [2.24, 2.45) is 5.92 Å². The molecule has 3 heteroatoms. The lowest BCUT2D eigenvalue weighted by Gasteiger charge is -2.31. The summed E-state index contributed by atoms with van der Waals surface area (Å²) in [6.07, 6.45) is 4.37. The summed E-state index contributed by atoms with van der Waals surface area (Å²) in [5.41, 5.74) is 0.178. The third-order valence-electron chi connectivity index (χ3n) is 4.06. The van der Waals surface area contributed by atoms with E-state index < -0.39 is 11.4 Å². The first kappa shape index (κ1) is 12.6. The number of hydrogen-bond acceptors (Lipinski definition) is 1. The molecule has 0 saturated heterocycles. The standard InChI is InChI=1S/C14H17BrO2/c1-14(13(16)17,10-4-2-3-5-10)11-6-8-12(15)9-7-11/h6-10H,2-5H2,1H3,(H,16,17). The van der Waals surface area contributed by atoms with Crippen LogP contribution in [0, 0.1) is 5.92 Å². The number of halogens is 1. The van der Waals surface area contributed by atoms with Crippen LogP contribution < -0.4 is 0 Å². The Labute approximate surface area is 110 Å². The Morgan fingerprint density at radius 3 is 2.29 bits per heavy atom. The quantitative estimate of drug-likeness (QED) is 0.916. The molecule has 1 saturated carbocycles. The summed E-state index contributed by atoms with van der Waals surface area (Å²) in [7, 11) is 0. The van der Waals surface area contributed by atoms with Gasteiger partial charge in [-0.3, -0.25) is 4.79 Å². The molecule has 0 spiro atoms. The van der Waals surface area contributed by atoms with Crippen molar-refractivity contribution in [2.75, 3.05) is 0 Å². The molecule has 1 unspecified atom stereocenters. The van der Waals surface area contributed by atoms with E-state index in [0.29, 0.717) is 0 Å². The van der Waals surface area contributed by atoms with Crippen molar-refractivity contribution in [3.8, 4) is 0 Å². The Balaban J connectivity index is 2.39. The minimum absolute atomic E-state index is 0.265. The van der Waals surface area contributed by atoms with E-state index in [1.165, 1.54) is 0 Å². The highest BCUT2D eigenvalue weighted by Gasteiger charge is 2.43. The van der Waals surface area contributed by atoms with Gasteiger partial charge < -0.3 is 5.11 Å². The zero-order chi connectivity index (χ0) is 12.5. The van der Waals surface area contributed by atoms with Crippen LogP contribution in [-0.4, -0.2) is 11.1 Å².